The number of amides is 1. The number of hydrogen-bond acceptors (Lipinski definition) is 9. The van der Waals surface area contributed by atoms with Crippen molar-refractivity contribution in [3.63, 3.8) is 0 Å². The van der Waals surface area contributed by atoms with Gasteiger partial charge in [-0.05, 0) is 32.1 Å². The summed E-state index contributed by atoms with van der Waals surface area (Å²) in [5, 5.41) is 35.7. The van der Waals surface area contributed by atoms with Crippen molar-refractivity contribution >= 4 is 41.7 Å². The Morgan fingerprint density at radius 2 is 1.08 bits per heavy atom. The van der Waals surface area contributed by atoms with Crippen molar-refractivity contribution in [2.45, 2.75) is 63.6 Å². The lowest BCUT2D eigenvalue weighted by Gasteiger charge is -2.10. The van der Waals surface area contributed by atoms with Crippen molar-refractivity contribution in [2.75, 3.05) is 13.1 Å². The second kappa shape index (κ2) is 22.3. The Kier molecular flexibility index (Phi) is 22.5. The third kappa shape index (κ3) is 29.8. The van der Waals surface area contributed by atoms with Gasteiger partial charge in [-0.2, -0.15) is 0 Å². The van der Waals surface area contributed by atoms with Crippen molar-refractivity contribution < 1.29 is 44.4 Å². The number of aliphatic imine (C=N–C) groups is 2. The van der Waals surface area contributed by atoms with Crippen LogP contribution in [0.5, 0.6) is 0 Å². The number of aliphatic carboxylic acids is 4. The lowest BCUT2D eigenvalue weighted by molar-refractivity contribution is -0.143. The molecule has 0 saturated carbocycles. The minimum atomic E-state index is -1.23. The summed E-state index contributed by atoms with van der Waals surface area (Å²) in [5.41, 5.74) is 30.6. The number of hydrogen-bond donors (Lipinski definition) is 11. The molecule has 0 aromatic carbocycles. The van der Waals surface area contributed by atoms with Crippen LogP contribution < -0.4 is 39.7 Å². The molecule has 0 saturated heterocycles. The zero-order valence-electron chi connectivity index (χ0n) is 20.6. The number of nitrogens with two attached hydrogens (primary N) is 6. The molecule has 37 heavy (non-hydrogen) atoms. The minimum absolute atomic E-state index is 0.0129. The van der Waals surface area contributed by atoms with Crippen LogP contribution in [0, 0.1) is 0 Å². The number of nitrogens with one attached hydrogen (secondary N) is 1. The molecule has 1 amide bonds. The Morgan fingerprint density at radius 1 is 0.703 bits per heavy atom. The van der Waals surface area contributed by atoms with Crippen molar-refractivity contribution in [2.24, 2.45) is 44.4 Å². The fourth-order valence-electron chi connectivity index (χ4n) is 2.06. The van der Waals surface area contributed by atoms with Crippen molar-refractivity contribution in [3.8, 4) is 0 Å². The van der Waals surface area contributed by atoms with Crippen LogP contribution in [-0.4, -0.2) is 93.3 Å². The molecule has 0 aromatic heterocycles. The first-order valence-corrected chi connectivity index (χ1v) is 10.8. The maximum absolute atomic E-state index is 10.5. The molecule has 0 rings (SSSR count). The number of carboxylic acids is 4. The quantitative estimate of drug-likeness (QED) is 0.0544. The standard InChI is InChI=1S/C7H11NO5.2C6H14N4O2/c1-4(9)8-5(7(12)13)2-3-6(10)11;2*7-4(5(11)12)2-1-3-10-6(8)9/h5H,2-3H2,1H3,(H,8,9)(H,10,11)(H,12,13);2*4H,1-3,7H2,(H,11,12)(H4,8,9,10)/t5-;2*4-/m000/s1. The number of rotatable bonds is 15. The Balaban J connectivity index is -0.000000469. The van der Waals surface area contributed by atoms with E-state index in [1.807, 2.05) is 0 Å². The maximum atomic E-state index is 10.5. The molecule has 0 aliphatic rings. The highest BCUT2D eigenvalue weighted by Gasteiger charge is 2.18. The molecule has 0 aliphatic heterocycles. The topological polar surface area (TPSA) is 359 Å². The van der Waals surface area contributed by atoms with Gasteiger partial charge in [-0.1, -0.05) is 0 Å². The van der Waals surface area contributed by atoms with Gasteiger partial charge >= 0.3 is 23.9 Å². The van der Waals surface area contributed by atoms with Crippen molar-refractivity contribution in [1.82, 2.24) is 5.32 Å². The van der Waals surface area contributed by atoms with Gasteiger partial charge in [0.2, 0.25) is 5.91 Å². The van der Waals surface area contributed by atoms with Gasteiger partial charge < -0.3 is 60.1 Å². The number of carboxylic acid groups (broad SMARTS) is 4. The molecule has 17 N–H and O–H groups in total. The van der Waals surface area contributed by atoms with Gasteiger partial charge in [0.05, 0.1) is 0 Å². The van der Waals surface area contributed by atoms with Crippen LogP contribution in [0.25, 0.3) is 0 Å². The predicted octanol–water partition coefficient (Wildman–Crippen LogP) is -3.66. The zero-order valence-corrected chi connectivity index (χ0v) is 20.6. The van der Waals surface area contributed by atoms with E-state index in [1.54, 1.807) is 0 Å². The van der Waals surface area contributed by atoms with Crippen LogP contribution in [0.15, 0.2) is 9.98 Å². The summed E-state index contributed by atoms with van der Waals surface area (Å²) in [7, 11) is 0. The monoisotopic (exact) mass is 537 g/mol. The second-order valence-electron chi connectivity index (χ2n) is 7.31. The Hall–Kier alpha value is -4.19. The SMILES string of the molecule is CC(=O)N[C@@H](CCC(=O)O)C(=O)O.NC(N)=NCCC[C@H](N)C(=O)O.NC(N)=NCCC[C@H](N)C(=O)O. The van der Waals surface area contributed by atoms with E-state index in [-0.39, 0.29) is 24.8 Å². The molecule has 18 nitrogen and oxygen atoms in total. The normalized spacial score (nSPS) is 12.0. The number of carbonyl (C=O) groups excluding carboxylic acids is 1. The fraction of sp³-hybridized carbons (Fsp3) is 0.632. The van der Waals surface area contributed by atoms with Gasteiger partial charge in [0.1, 0.15) is 18.1 Å². The van der Waals surface area contributed by atoms with E-state index in [2.05, 4.69) is 15.3 Å². The summed E-state index contributed by atoms with van der Waals surface area (Å²) in [4.78, 5) is 58.8. The minimum Gasteiger partial charge on any atom is -0.481 e. The lowest BCUT2D eigenvalue weighted by atomic mass is 10.1. The zero-order chi connectivity index (χ0) is 29.6. The number of nitrogens with zero attached hydrogens (tertiary/aromatic N) is 2. The van der Waals surface area contributed by atoms with E-state index in [0.29, 0.717) is 38.8 Å². The maximum Gasteiger partial charge on any atom is 0.326 e. The summed E-state index contributed by atoms with van der Waals surface area (Å²) in [5.74, 6) is -4.77. The summed E-state index contributed by atoms with van der Waals surface area (Å²) in [6.07, 6.45) is 1.52. The fourth-order valence-corrected chi connectivity index (χ4v) is 2.06. The van der Waals surface area contributed by atoms with E-state index in [9.17, 15) is 24.0 Å². The van der Waals surface area contributed by atoms with E-state index in [1.165, 1.54) is 6.92 Å². The molecule has 18 heteroatoms. The summed E-state index contributed by atoms with van der Waals surface area (Å²) in [6.45, 7) is 2.02. The van der Waals surface area contributed by atoms with Gasteiger partial charge in [0.25, 0.3) is 0 Å². The molecular weight excluding hydrogens is 498 g/mol. The number of carbonyl (C=O) groups is 5. The summed E-state index contributed by atoms with van der Waals surface area (Å²) >= 11 is 0. The van der Waals surface area contributed by atoms with Crippen LogP contribution in [0.2, 0.25) is 0 Å². The Bertz CT molecular complexity index is 743. The second-order valence-corrected chi connectivity index (χ2v) is 7.31. The Labute approximate surface area is 213 Å². The highest BCUT2D eigenvalue weighted by molar-refractivity contribution is 5.82. The van der Waals surface area contributed by atoms with Gasteiger partial charge in [0, 0.05) is 26.4 Å². The number of guanidine groups is 2. The van der Waals surface area contributed by atoms with Crippen molar-refractivity contribution in [3.05, 3.63) is 0 Å². The van der Waals surface area contributed by atoms with E-state index >= 15 is 0 Å². The smallest absolute Gasteiger partial charge is 0.326 e. The highest BCUT2D eigenvalue weighted by Crippen LogP contribution is 1.98. The largest absolute Gasteiger partial charge is 0.481 e. The molecule has 0 spiro atoms. The highest BCUT2D eigenvalue weighted by atomic mass is 16.4. The average molecular weight is 538 g/mol. The lowest BCUT2D eigenvalue weighted by Crippen LogP contribution is -2.39. The first-order valence-electron chi connectivity index (χ1n) is 10.8. The van der Waals surface area contributed by atoms with Gasteiger partial charge in [0.15, 0.2) is 11.9 Å². The first-order chi connectivity index (χ1) is 17.0. The van der Waals surface area contributed by atoms with Crippen molar-refractivity contribution in [1.29, 1.82) is 0 Å². The van der Waals surface area contributed by atoms with Crippen LogP contribution in [-0.2, 0) is 24.0 Å². The molecule has 0 bridgehead atoms. The molecule has 0 radical (unpaired) electrons. The van der Waals surface area contributed by atoms with E-state index in [0.717, 1.165) is 0 Å². The summed E-state index contributed by atoms with van der Waals surface area (Å²) in [6, 6.07) is -2.76. The molecule has 0 fully saturated rings. The third-order valence-electron chi connectivity index (χ3n) is 3.89. The molecule has 0 aliphatic carbocycles. The van der Waals surface area contributed by atoms with Crippen LogP contribution >= 0.6 is 0 Å². The van der Waals surface area contributed by atoms with E-state index < -0.39 is 47.9 Å². The third-order valence-corrected chi connectivity index (χ3v) is 3.89. The molecule has 0 unspecified atom stereocenters. The predicted molar refractivity (Wildman–Crippen MR) is 133 cm³/mol. The van der Waals surface area contributed by atoms with Gasteiger partial charge in [-0.25, -0.2) is 4.79 Å². The molecule has 3 atom stereocenters. The van der Waals surface area contributed by atoms with Gasteiger partial charge in [-0.15, -0.1) is 0 Å². The molecule has 214 valence electrons. The van der Waals surface area contributed by atoms with Crippen LogP contribution in [0.1, 0.15) is 45.4 Å². The summed E-state index contributed by atoms with van der Waals surface area (Å²) < 4.78 is 0. The first kappa shape index (κ1) is 37.4. The Morgan fingerprint density at radius 3 is 1.32 bits per heavy atom. The van der Waals surface area contributed by atoms with Gasteiger partial charge in [-0.3, -0.25) is 29.2 Å². The molecule has 0 aromatic rings. The van der Waals surface area contributed by atoms with Crippen LogP contribution in [0.4, 0.5) is 0 Å². The average Bonchev–Trinajstić information content (AvgIpc) is 2.76. The van der Waals surface area contributed by atoms with Crippen LogP contribution in [0.3, 0.4) is 0 Å². The molecule has 0 heterocycles. The van der Waals surface area contributed by atoms with E-state index in [4.69, 9.17) is 54.8 Å². The molecular formula is C19H39N9O9.